The molecule has 0 bridgehead atoms. The van der Waals surface area contributed by atoms with Crippen LogP contribution in [0.2, 0.25) is 0 Å². The normalized spacial score (nSPS) is 10.5. The summed E-state index contributed by atoms with van der Waals surface area (Å²) in [5, 5.41) is 0.971. The molecule has 2 rings (SSSR count). The Bertz CT molecular complexity index is 467. The lowest BCUT2D eigenvalue weighted by Gasteiger charge is -2.01. The van der Waals surface area contributed by atoms with Crippen LogP contribution in [0.3, 0.4) is 0 Å². The van der Waals surface area contributed by atoms with Crippen molar-refractivity contribution in [3.8, 4) is 11.5 Å². The molecule has 1 N–H and O–H groups in total. The molecule has 74 valence electrons. The number of H-pyrrole nitrogens is 1. The first-order chi connectivity index (χ1) is 6.76. The largest absolute Gasteiger partial charge is 0.385 e. The lowest BCUT2D eigenvalue weighted by atomic mass is 10.2. The Balaban J connectivity index is 2.76. The van der Waals surface area contributed by atoms with Gasteiger partial charge in [-0.1, -0.05) is 0 Å². The minimum atomic E-state index is 0.493. The number of fused-ring (bicyclic) bond motifs is 1. The average molecular weight is 232 g/mol. The summed E-state index contributed by atoms with van der Waals surface area (Å²) in [6.07, 6.45) is 1.86. The second kappa shape index (κ2) is 3.59. The van der Waals surface area contributed by atoms with Gasteiger partial charge in [-0.2, -0.15) is 0 Å². The zero-order chi connectivity index (χ0) is 10.1. The van der Waals surface area contributed by atoms with Gasteiger partial charge in [-0.3, -0.25) is 0 Å². The topological polar surface area (TPSA) is 34.2 Å². The van der Waals surface area contributed by atoms with Gasteiger partial charge >= 0.3 is 0 Å². The molecule has 0 atom stereocenters. The lowest BCUT2D eigenvalue weighted by molar-refractivity contribution is 0.596. The van der Waals surface area contributed by atoms with Gasteiger partial charge < -0.3 is 13.6 Å². The van der Waals surface area contributed by atoms with Crippen molar-refractivity contribution in [2.75, 3.05) is 0 Å². The van der Waals surface area contributed by atoms with Crippen molar-refractivity contribution in [2.24, 2.45) is 0 Å². The molecule has 2 aromatic rings. The minimum Gasteiger partial charge on any atom is -0.385 e. The summed E-state index contributed by atoms with van der Waals surface area (Å²) in [4.78, 5) is 3.05. The fourth-order valence-electron chi connectivity index (χ4n) is 1.41. The number of aryl methyl sites for hydroxylation is 1. The Morgan fingerprint density at radius 3 is 2.64 bits per heavy atom. The molecule has 1 aromatic heterocycles. The monoisotopic (exact) mass is 231 g/mol. The van der Waals surface area contributed by atoms with Gasteiger partial charge in [0, 0.05) is 17.6 Å². The van der Waals surface area contributed by atoms with E-state index in [-0.39, 0.29) is 0 Å². The van der Waals surface area contributed by atoms with Crippen molar-refractivity contribution in [1.29, 1.82) is 0 Å². The molecule has 0 unspecified atom stereocenters. The number of aromatic nitrogens is 1. The number of rotatable bonds is 2. The molecule has 3 nitrogen and oxygen atoms in total. The molecular weight excluding hydrogens is 225 g/mol. The van der Waals surface area contributed by atoms with Crippen molar-refractivity contribution < 1.29 is 8.58 Å². The molecule has 0 aliphatic rings. The Morgan fingerprint density at radius 1 is 1.21 bits per heavy atom. The second-order valence-corrected chi connectivity index (χ2v) is 3.28. The molecule has 1 heterocycles. The van der Waals surface area contributed by atoms with Crippen LogP contribution in [0.25, 0.3) is 10.9 Å². The Morgan fingerprint density at radius 2 is 2.00 bits per heavy atom. The Kier molecular flexibility index (Phi) is 2.44. The van der Waals surface area contributed by atoms with E-state index in [2.05, 4.69) is 13.6 Å². The van der Waals surface area contributed by atoms with Gasteiger partial charge in [0.1, 0.15) is 23.7 Å². The van der Waals surface area contributed by atoms with Gasteiger partial charge in [-0.25, -0.2) is 0 Å². The molecule has 0 amide bonds. The third-order valence-electron chi connectivity index (χ3n) is 2.11. The molecule has 1 aromatic carbocycles. The third-order valence-corrected chi connectivity index (χ3v) is 2.45. The second-order valence-electron chi connectivity index (χ2n) is 2.97. The van der Waals surface area contributed by atoms with Crippen LogP contribution in [0.5, 0.6) is 11.5 Å². The van der Waals surface area contributed by atoms with Crippen LogP contribution in [0.1, 0.15) is 5.56 Å². The third kappa shape index (κ3) is 1.38. The summed E-state index contributed by atoms with van der Waals surface area (Å²) in [6, 6.07) is 3.42. The van der Waals surface area contributed by atoms with Crippen molar-refractivity contribution in [3.05, 3.63) is 23.9 Å². The van der Waals surface area contributed by atoms with Gasteiger partial charge in [0.2, 0.25) is 0 Å². The number of benzene rings is 1. The van der Waals surface area contributed by atoms with Crippen LogP contribution >= 0.6 is 23.7 Å². The van der Waals surface area contributed by atoms with Crippen molar-refractivity contribution >= 4 is 34.6 Å². The van der Waals surface area contributed by atoms with Crippen molar-refractivity contribution in [1.82, 2.24) is 4.98 Å². The van der Waals surface area contributed by atoms with E-state index in [4.69, 9.17) is 23.7 Å². The van der Waals surface area contributed by atoms with Gasteiger partial charge in [0.15, 0.2) is 11.5 Å². The van der Waals surface area contributed by atoms with Crippen LogP contribution in [0.4, 0.5) is 0 Å². The smallest absolute Gasteiger partial charge is 0.174 e. The minimum absolute atomic E-state index is 0.493. The highest BCUT2D eigenvalue weighted by molar-refractivity contribution is 6.11. The molecule has 0 saturated heterocycles. The van der Waals surface area contributed by atoms with E-state index in [9.17, 15) is 0 Å². The van der Waals surface area contributed by atoms with E-state index >= 15 is 0 Å². The first kappa shape index (κ1) is 9.49. The zero-order valence-corrected chi connectivity index (χ0v) is 8.82. The van der Waals surface area contributed by atoms with E-state index in [1.807, 2.05) is 19.2 Å². The predicted molar refractivity (Wildman–Crippen MR) is 56.0 cm³/mol. The standard InChI is InChI=1S/C9H7Cl2NO2/c1-5-4-12-9-7(5)2-6(13-10)3-8(9)14-11/h2-4,12H,1H3. The van der Waals surface area contributed by atoms with Gasteiger partial charge in [-0.05, 0) is 18.6 Å². The van der Waals surface area contributed by atoms with Crippen LogP contribution in [-0.2, 0) is 0 Å². The van der Waals surface area contributed by atoms with Crippen LogP contribution < -0.4 is 8.58 Å². The molecule has 0 fully saturated rings. The summed E-state index contributed by atoms with van der Waals surface area (Å²) in [7, 11) is 0. The number of hydrogen-bond donors (Lipinski definition) is 1. The number of aromatic amines is 1. The maximum atomic E-state index is 5.33. The lowest BCUT2D eigenvalue weighted by Crippen LogP contribution is -1.81. The van der Waals surface area contributed by atoms with Gasteiger partial charge in [0.05, 0.1) is 5.52 Å². The van der Waals surface area contributed by atoms with E-state index in [0.717, 1.165) is 16.5 Å². The Hall–Kier alpha value is -1.06. The summed E-state index contributed by atoms with van der Waals surface area (Å²) in [6.45, 7) is 1.97. The summed E-state index contributed by atoms with van der Waals surface area (Å²) < 4.78 is 9.29. The maximum Gasteiger partial charge on any atom is 0.174 e. The number of hydrogen-bond acceptors (Lipinski definition) is 2. The number of halogens is 2. The summed E-state index contributed by atoms with van der Waals surface area (Å²) in [5.74, 6) is 0.991. The molecule has 5 heteroatoms. The first-order valence-corrected chi connectivity index (χ1v) is 4.57. The fraction of sp³-hybridized carbons (Fsp3) is 0.111. The van der Waals surface area contributed by atoms with Crippen LogP contribution in [0, 0.1) is 6.92 Å². The molecule has 0 aliphatic heterocycles. The SMILES string of the molecule is Cc1c[nH]c2c(OCl)cc(OCl)cc12. The van der Waals surface area contributed by atoms with Crippen LogP contribution in [0.15, 0.2) is 18.3 Å². The molecule has 0 saturated carbocycles. The van der Waals surface area contributed by atoms with Crippen molar-refractivity contribution in [3.63, 3.8) is 0 Å². The highest BCUT2D eigenvalue weighted by atomic mass is 35.5. The highest BCUT2D eigenvalue weighted by Gasteiger charge is 2.09. The molecule has 0 radical (unpaired) electrons. The van der Waals surface area contributed by atoms with Gasteiger partial charge in [-0.15, -0.1) is 0 Å². The van der Waals surface area contributed by atoms with Crippen molar-refractivity contribution in [2.45, 2.75) is 6.92 Å². The molecule has 0 aliphatic carbocycles. The summed E-state index contributed by atoms with van der Waals surface area (Å²) in [5.41, 5.74) is 1.90. The predicted octanol–water partition coefficient (Wildman–Crippen LogP) is 3.54. The maximum absolute atomic E-state index is 5.33. The molecule has 14 heavy (non-hydrogen) atoms. The first-order valence-electron chi connectivity index (χ1n) is 3.95. The van der Waals surface area contributed by atoms with E-state index in [1.54, 1.807) is 6.07 Å². The molecule has 0 spiro atoms. The average Bonchev–Trinajstić information content (AvgIpc) is 2.59. The van der Waals surface area contributed by atoms with Crippen LogP contribution in [-0.4, -0.2) is 4.98 Å². The number of nitrogens with one attached hydrogen (secondary N) is 1. The van der Waals surface area contributed by atoms with E-state index in [0.29, 0.717) is 11.5 Å². The fourth-order valence-corrected chi connectivity index (χ4v) is 1.62. The Labute approximate surface area is 90.9 Å². The zero-order valence-electron chi connectivity index (χ0n) is 7.30. The van der Waals surface area contributed by atoms with E-state index < -0.39 is 0 Å². The quantitative estimate of drug-likeness (QED) is 0.859. The molecular formula is C9H7Cl2NO2. The summed E-state index contributed by atoms with van der Waals surface area (Å²) >= 11 is 10.6. The van der Waals surface area contributed by atoms with Gasteiger partial charge in [0.25, 0.3) is 0 Å². The van der Waals surface area contributed by atoms with E-state index in [1.165, 1.54) is 0 Å². The highest BCUT2D eigenvalue weighted by Crippen LogP contribution is 2.33.